The number of carbonyl (C=O) groups excluding carboxylic acids is 1. The molecule has 1 aliphatic rings. The van der Waals surface area contributed by atoms with Crippen LogP contribution in [0.1, 0.15) is 45.1 Å². The molecule has 1 aliphatic heterocycles. The van der Waals surface area contributed by atoms with Gasteiger partial charge in [-0.15, -0.1) is 0 Å². The monoisotopic (exact) mass is 318 g/mol. The van der Waals surface area contributed by atoms with E-state index in [4.69, 9.17) is 4.74 Å². The Morgan fingerprint density at radius 1 is 1.39 bits per heavy atom. The molecule has 0 aromatic heterocycles. The van der Waals surface area contributed by atoms with Gasteiger partial charge in [0.25, 0.3) is 5.91 Å². The number of ether oxygens (including phenoxy) is 1. The van der Waals surface area contributed by atoms with Gasteiger partial charge in [0.15, 0.2) is 6.10 Å². The van der Waals surface area contributed by atoms with Crippen molar-refractivity contribution in [1.29, 1.82) is 0 Å². The number of nitrogens with one attached hydrogen (secondary N) is 1. The highest BCUT2D eigenvalue weighted by molar-refractivity contribution is 5.81. The minimum Gasteiger partial charge on any atom is -0.480 e. The van der Waals surface area contributed by atoms with Crippen molar-refractivity contribution in [3.8, 4) is 5.75 Å². The highest BCUT2D eigenvalue weighted by Gasteiger charge is 2.31. The van der Waals surface area contributed by atoms with Crippen LogP contribution in [0.5, 0.6) is 5.75 Å². The summed E-state index contributed by atoms with van der Waals surface area (Å²) in [5.74, 6) is 1.91. The number of amides is 1. The summed E-state index contributed by atoms with van der Waals surface area (Å²) in [7, 11) is 1.96. The zero-order valence-electron chi connectivity index (χ0n) is 14.8. The lowest BCUT2D eigenvalue weighted by Crippen LogP contribution is -2.41. The fourth-order valence-electron chi connectivity index (χ4n) is 3.22. The summed E-state index contributed by atoms with van der Waals surface area (Å²) < 4.78 is 6.12. The van der Waals surface area contributed by atoms with Gasteiger partial charge in [0.1, 0.15) is 5.75 Å². The van der Waals surface area contributed by atoms with Crippen LogP contribution in [-0.4, -0.2) is 43.6 Å². The van der Waals surface area contributed by atoms with E-state index >= 15 is 0 Å². The van der Waals surface area contributed by atoms with Crippen molar-refractivity contribution in [3.63, 3.8) is 0 Å². The summed E-state index contributed by atoms with van der Waals surface area (Å²) in [6, 6.07) is 8.04. The molecule has 1 fully saturated rings. The first-order chi connectivity index (χ1) is 11.1. The third-order valence-electron chi connectivity index (χ3n) is 4.55. The van der Waals surface area contributed by atoms with Gasteiger partial charge in [-0.2, -0.15) is 0 Å². The number of hydrogen-bond donors (Lipinski definition) is 1. The first kappa shape index (κ1) is 17.8. The smallest absolute Gasteiger partial charge is 0.263 e. The molecule has 2 rings (SSSR count). The summed E-state index contributed by atoms with van der Waals surface area (Å²) >= 11 is 0. The number of nitrogens with zero attached hydrogens (tertiary/aromatic N) is 1. The van der Waals surface area contributed by atoms with Crippen LogP contribution in [0.3, 0.4) is 0 Å². The second-order valence-electron chi connectivity index (χ2n) is 6.70. The topological polar surface area (TPSA) is 41.6 Å². The van der Waals surface area contributed by atoms with Crippen LogP contribution in [0.25, 0.3) is 0 Å². The van der Waals surface area contributed by atoms with Crippen molar-refractivity contribution < 1.29 is 9.53 Å². The highest BCUT2D eigenvalue weighted by atomic mass is 16.5. The molecule has 1 amide bonds. The normalized spacial score (nSPS) is 19.2. The number of carbonyl (C=O) groups is 1. The van der Waals surface area contributed by atoms with Crippen molar-refractivity contribution in [2.24, 2.45) is 5.92 Å². The molecule has 0 unspecified atom stereocenters. The molecule has 0 saturated carbocycles. The number of likely N-dealkylation sites (tertiary alicyclic amines) is 1. The predicted octanol–water partition coefficient (Wildman–Crippen LogP) is 3.04. The van der Waals surface area contributed by atoms with E-state index in [-0.39, 0.29) is 12.0 Å². The van der Waals surface area contributed by atoms with Gasteiger partial charge in [-0.1, -0.05) is 39.0 Å². The van der Waals surface area contributed by atoms with E-state index in [1.165, 1.54) is 0 Å². The minimum atomic E-state index is -0.386. The second-order valence-corrected chi connectivity index (χ2v) is 6.70. The maximum Gasteiger partial charge on any atom is 0.263 e. The van der Waals surface area contributed by atoms with Crippen molar-refractivity contribution >= 4 is 5.91 Å². The van der Waals surface area contributed by atoms with Crippen LogP contribution in [0.4, 0.5) is 0 Å². The van der Waals surface area contributed by atoms with Crippen molar-refractivity contribution in [1.82, 2.24) is 10.2 Å². The number of para-hydroxylation sites is 1. The molecule has 1 aromatic rings. The van der Waals surface area contributed by atoms with E-state index in [1.54, 1.807) is 0 Å². The van der Waals surface area contributed by atoms with Crippen molar-refractivity contribution in [2.45, 2.75) is 45.6 Å². The van der Waals surface area contributed by atoms with Gasteiger partial charge >= 0.3 is 0 Å². The molecule has 1 saturated heterocycles. The molecule has 0 spiro atoms. The molecule has 0 aliphatic carbocycles. The Kier molecular flexibility index (Phi) is 6.46. The standard InChI is InChI=1S/C19H30N2O2/c1-5-17(19(22)21-11-10-15(13-21)12-20-4)23-18-9-7-6-8-16(18)14(2)3/h6-9,14-15,17,20H,5,10-13H2,1-4H3/t15-,17+/m0/s1. The van der Waals surface area contributed by atoms with Crippen LogP contribution in [-0.2, 0) is 4.79 Å². The molecule has 2 atom stereocenters. The maximum atomic E-state index is 12.8. The van der Waals surface area contributed by atoms with Gasteiger partial charge in [0.2, 0.25) is 0 Å². The molecular weight excluding hydrogens is 288 g/mol. The van der Waals surface area contributed by atoms with Crippen LogP contribution >= 0.6 is 0 Å². The Hall–Kier alpha value is -1.55. The van der Waals surface area contributed by atoms with Crippen LogP contribution < -0.4 is 10.1 Å². The fraction of sp³-hybridized carbons (Fsp3) is 0.632. The van der Waals surface area contributed by atoms with Crippen LogP contribution in [0, 0.1) is 5.92 Å². The van der Waals surface area contributed by atoms with E-state index in [0.29, 0.717) is 18.3 Å². The predicted molar refractivity (Wildman–Crippen MR) is 93.9 cm³/mol. The average Bonchev–Trinajstić information content (AvgIpc) is 3.01. The van der Waals surface area contributed by atoms with Crippen LogP contribution in [0.15, 0.2) is 24.3 Å². The highest BCUT2D eigenvalue weighted by Crippen LogP contribution is 2.28. The molecule has 0 radical (unpaired) electrons. The average molecular weight is 318 g/mol. The first-order valence-electron chi connectivity index (χ1n) is 8.75. The fourth-order valence-corrected chi connectivity index (χ4v) is 3.22. The Labute approximate surface area is 140 Å². The number of benzene rings is 1. The van der Waals surface area contributed by atoms with Gasteiger partial charge < -0.3 is 15.0 Å². The van der Waals surface area contributed by atoms with Gasteiger partial charge in [-0.3, -0.25) is 4.79 Å². The largest absolute Gasteiger partial charge is 0.480 e. The Bertz CT molecular complexity index is 516. The molecule has 23 heavy (non-hydrogen) atoms. The van der Waals surface area contributed by atoms with E-state index in [2.05, 4.69) is 25.2 Å². The summed E-state index contributed by atoms with van der Waals surface area (Å²) in [5, 5.41) is 3.20. The molecule has 128 valence electrons. The first-order valence-corrected chi connectivity index (χ1v) is 8.75. The zero-order valence-corrected chi connectivity index (χ0v) is 14.8. The third kappa shape index (κ3) is 4.47. The Morgan fingerprint density at radius 3 is 2.78 bits per heavy atom. The molecule has 1 N–H and O–H groups in total. The summed E-state index contributed by atoms with van der Waals surface area (Å²) in [4.78, 5) is 14.8. The molecule has 4 nitrogen and oxygen atoms in total. The maximum absolute atomic E-state index is 12.8. The lowest BCUT2D eigenvalue weighted by Gasteiger charge is -2.25. The zero-order chi connectivity index (χ0) is 16.8. The second kappa shape index (κ2) is 8.34. The van der Waals surface area contributed by atoms with E-state index in [0.717, 1.165) is 37.4 Å². The molecule has 1 aromatic carbocycles. The Balaban J connectivity index is 2.04. The SMILES string of the molecule is CC[C@@H](Oc1ccccc1C(C)C)C(=O)N1CC[C@@H](CNC)C1. The van der Waals surface area contributed by atoms with Gasteiger partial charge in [0, 0.05) is 13.1 Å². The number of rotatable bonds is 7. The lowest BCUT2D eigenvalue weighted by atomic mass is 10.0. The third-order valence-corrected chi connectivity index (χ3v) is 4.55. The van der Waals surface area contributed by atoms with E-state index < -0.39 is 0 Å². The minimum absolute atomic E-state index is 0.129. The van der Waals surface area contributed by atoms with Gasteiger partial charge in [-0.25, -0.2) is 0 Å². The quantitative estimate of drug-likeness (QED) is 0.840. The van der Waals surface area contributed by atoms with Crippen LogP contribution in [0.2, 0.25) is 0 Å². The summed E-state index contributed by atoms with van der Waals surface area (Å²) in [5.41, 5.74) is 1.16. The van der Waals surface area contributed by atoms with Gasteiger partial charge in [0.05, 0.1) is 0 Å². The summed E-state index contributed by atoms with van der Waals surface area (Å²) in [6.45, 7) is 8.96. The van der Waals surface area contributed by atoms with Crippen molar-refractivity contribution in [3.05, 3.63) is 29.8 Å². The summed E-state index contributed by atoms with van der Waals surface area (Å²) in [6.07, 6.45) is 1.38. The molecular formula is C19H30N2O2. The molecule has 0 bridgehead atoms. The Morgan fingerprint density at radius 2 is 2.13 bits per heavy atom. The molecule has 4 heteroatoms. The number of hydrogen-bond acceptors (Lipinski definition) is 3. The molecule has 1 heterocycles. The van der Waals surface area contributed by atoms with Gasteiger partial charge in [-0.05, 0) is 49.9 Å². The lowest BCUT2D eigenvalue weighted by molar-refractivity contribution is -0.137. The van der Waals surface area contributed by atoms with E-state index in [1.807, 2.05) is 37.1 Å². The van der Waals surface area contributed by atoms with Crippen molar-refractivity contribution in [2.75, 3.05) is 26.7 Å². The van der Waals surface area contributed by atoms with E-state index in [9.17, 15) is 4.79 Å².